The molecular weight excluding hydrogens is 184 g/mol. The Morgan fingerprint density at radius 2 is 2.20 bits per heavy atom. The maximum atomic E-state index is 5.64. The van der Waals surface area contributed by atoms with E-state index in [1.807, 2.05) is 0 Å². The zero-order valence-electron chi connectivity index (χ0n) is 9.21. The fraction of sp³-hybridized carbons (Fsp3) is 0.538. The van der Waals surface area contributed by atoms with Crippen molar-refractivity contribution in [2.45, 2.75) is 25.2 Å². The van der Waals surface area contributed by atoms with Crippen LogP contribution in [0.25, 0.3) is 0 Å². The summed E-state index contributed by atoms with van der Waals surface area (Å²) in [5.74, 6) is 0.696. The average molecular weight is 204 g/mol. The molecule has 15 heavy (non-hydrogen) atoms. The van der Waals surface area contributed by atoms with Crippen LogP contribution in [-0.4, -0.2) is 19.6 Å². The van der Waals surface area contributed by atoms with Gasteiger partial charge in [0.25, 0.3) is 0 Å². The maximum absolute atomic E-state index is 5.64. The van der Waals surface area contributed by atoms with Crippen molar-refractivity contribution in [3.63, 3.8) is 0 Å². The van der Waals surface area contributed by atoms with E-state index in [9.17, 15) is 0 Å². The second kappa shape index (κ2) is 5.29. The summed E-state index contributed by atoms with van der Waals surface area (Å²) in [6.45, 7) is 3.05. The minimum atomic E-state index is 0.696. The maximum Gasteiger partial charge on any atom is 0.00202 e. The average Bonchev–Trinajstić information content (AvgIpc) is 2.31. The van der Waals surface area contributed by atoms with Crippen molar-refractivity contribution < 1.29 is 0 Å². The van der Waals surface area contributed by atoms with Gasteiger partial charge in [-0.3, -0.25) is 0 Å². The number of nitrogens with two attached hydrogens (primary N) is 1. The summed E-state index contributed by atoms with van der Waals surface area (Å²) in [5.41, 5.74) is 8.59. The van der Waals surface area contributed by atoms with E-state index in [1.165, 1.54) is 30.5 Å². The van der Waals surface area contributed by atoms with Gasteiger partial charge >= 0.3 is 0 Å². The van der Waals surface area contributed by atoms with E-state index in [0.29, 0.717) is 5.92 Å². The predicted octanol–water partition coefficient (Wildman–Crippen LogP) is 1.65. The van der Waals surface area contributed by atoms with Crippen molar-refractivity contribution in [3.8, 4) is 0 Å². The number of rotatable bonds is 3. The molecule has 0 spiro atoms. The van der Waals surface area contributed by atoms with Crippen LogP contribution in [0.2, 0.25) is 0 Å². The SMILES string of the molecule is NCCc1ccccc1C1CCCNC1. The third-order valence-electron chi connectivity index (χ3n) is 3.21. The Balaban J connectivity index is 2.17. The Labute approximate surface area is 91.9 Å². The topological polar surface area (TPSA) is 38.0 Å². The first-order chi connectivity index (χ1) is 7.42. The van der Waals surface area contributed by atoms with Gasteiger partial charge in [0.05, 0.1) is 0 Å². The summed E-state index contributed by atoms with van der Waals surface area (Å²) in [4.78, 5) is 0. The molecule has 3 N–H and O–H groups in total. The zero-order valence-corrected chi connectivity index (χ0v) is 9.21. The van der Waals surface area contributed by atoms with E-state index in [0.717, 1.165) is 19.5 Å². The van der Waals surface area contributed by atoms with Gasteiger partial charge in [0.1, 0.15) is 0 Å². The largest absolute Gasteiger partial charge is 0.330 e. The van der Waals surface area contributed by atoms with Gasteiger partial charge in [0.2, 0.25) is 0 Å². The molecule has 0 aromatic heterocycles. The highest BCUT2D eigenvalue weighted by molar-refractivity contribution is 5.31. The molecule has 1 saturated heterocycles. The van der Waals surface area contributed by atoms with Gasteiger partial charge in [-0.15, -0.1) is 0 Å². The second-order valence-corrected chi connectivity index (χ2v) is 4.28. The lowest BCUT2D eigenvalue weighted by molar-refractivity contribution is 0.459. The molecule has 0 saturated carbocycles. The summed E-state index contributed by atoms with van der Waals surface area (Å²) >= 11 is 0. The summed E-state index contributed by atoms with van der Waals surface area (Å²) in [6, 6.07) is 8.74. The Morgan fingerprint density at radius 1 is 1.33 bits per heavy atom. The van der Waals surface area contributed by atoms with Crippen molar-refractivity contribution in [2.24, 2.45) is 5.73 Å². The molecule has 82 valence electrons. The van der Waals surface area contributed by atoms with Gasteiger partial charge in [-0.05, 0) is 49.4 Å². The normalized spacial score (nSPS) is 21.5. The van der Waals surface area contributed by atoms with Gasteiger partial charge < -0.3 is 11.1 Å². The van der Waals surface area contributed by atoms with E-state index in [-0.39, 0.29) is 0 Å². The minimum Gasteiger partial charge on any atom is -0.330 e. The molecular formula is C13H20N2. The van der Waals surface area contributed by atoms with Crippen LogP contribution in [0.4, 0.5) is 0 Å². The minimum absolute atomic E-state index is 0.696. The predicted molar refractivity (Wildman–Crippen MR) is 64.0 cm³/mol. The number of benzene rings is 1. The molecule has 1 aromatic carbocycles. The summed E-state index contributed by atoms with van der Waals surface area (Å²) in [6.07, 6.45) is 3.61. The lowest BCUT2D eigenvalue weighted by Gasteiger charge is -2.25. The molecule has 1 unspecified atom stereocenters. The highest BCUT2D eigenvalue weighted by Crippen LogP contribution is 2.26. The Morgan fingerprint density at radius 3 is 2.93 bits per heavy atom. The zero-order chi connectivity index (χ0) is 10.5. The van der Waals surface area contributed by atoms with Crippen LogP contribution in [0.3, 0.4) is 0 Å². The lowest BCUT2D eigenvalue weighted by Crippen LogP contribution is -2.29. The van der Waals surface area contributed by atoms with Gasteiger partial charge in [0.15, 0.2) is 0 Å². The molecule has 1 aromatic rings. The molecule has 0 bridgehead atoms. The Bertz CT molecular complexity index is 303. The van der Waals surface area contributed by atoms with Gasteiger partial charge in [0, 0.05) is 6.54 Å². The fourth-order valence-corrected chi connectivity index (χ4v) is 2.43. The van der Waals surface area contributed by atoms with E-state index in [4.69, 9.17) is 5.73 Å². The molecule has 1 atom stereocenters. The van der Waals surface area contributed by atoms with Crippen LogP contribution < -0.4 is 11.1 Å². The molecule has 1 heterocycles. The van der Waals surface area contributed by atoms with Crippen molar-refractivity contribution in [1.82, 2.24) is 5.32 Å². The third kappa shape index (κ3) is 2.58. The highest BCUT2D eigenvalue weighted by Gasteiger charge is 2.17. The van der Waals surface area contributed by atoms with E-state index in [2.05, 4.69) is 29.6 Å². The van der Waals surface area contributed by atoms with Crippen molar-refractivity contribution in [2.75, 3.05) is 19.6 Å². The molecule has 1 aliphatic rings. The van der Waals surface area contributed by atoms with Crippen molar-refractivity contribution in [3.05, 3.63) is 35.4 Å². The molecule has 0 radical (unpaired) electrons. The third-order valence-corrected chi connectivity index (χ3v) is 3.21. The van der Waals surface area contributed by atoms with E-state index in [1.54, 1.807) is 0 Å². The van der Waals surface area contributed by atoms with Gasteiger partial charge in [-0.2, -0.15) is 0 Å². The van der Waals surface area contributed by atoms with E-state index < -0.39 is 0 Å². The summed E-state index contributed by atoms with van der Waals surface area (Å²) < 4.78 is 0. The number of hydrogen-bond donors (Lipinski definition) is 2. The number of nitrogens with one attached hydrogen (secondary N) is 1. The first-order valence-electron chi connectivity index (χ1n) is 5.90. The van der Waals surface area contributed by atoms with Crippen LogP contribution >= 0.6 is 0 Å². The number of piperidine rings is 1. The fourth-order valence-electron chi connectivity index (χ4n) is 2.43. The van der Waals surface area contributed by atoms with E-state index >= 15 is 0 Å². The molecule has 2 heteroatoms. The van der Waals surface area contributed by atoms with Crippen LogP contribution in [0.1, 0.15) is 29.9 Å². The molecule has 1 fully saturated rings. The van der Waals surface area contributed by atoms with Gasteiger partial charge in [-0.25, -0.2) is 0 Å². The Kier molecular flexibility index (Phi) is 3.75. The van der Waals surface area contributed by atoms with Gasteiger partial charge in [-0.1, -0.05) is 24.3 Å². The quantitative estimate of drug-likeness (QED) is 0.785. The Hall–Kier alpha value is -0.860. The first kappa shape index (κ1) is 10.7. The lowest BCUT2D eigenvalue weighted by atomic mass is 9.87. The number of hydrogen-bond acceptors (Lipinski definition) is 2. The molecule has 0 amide bonds. The molecule has 1 aliphatic heterocycles. The van der Waals surface area contributed by atoms with Crippen LogP contribution in [-0.2, 0) is 6.42 Å². The first-order valence-corrected chi connectivity index (χ1v) is 5.90. The monoisotopic (exact) mass is 204 g/mol. The van der Waals surface area contributed by atoms with Crippen molar-refractivity contribution in [1.29, 1.82) is 0 Å². The standard InChI is InChI=1S/C13H20N2/c14-8-7-11-4-1-2-6-13(11)12-5-3-9-15-10-12/h1-2,4,6,12,15H,3,5,7-10,14H2. The van der Waals surface area contributed by atoms with Crippen LogP contribution in [0.15, 0.2) is 24.3 Å². The molecule has 2 nitrogen and oxygen atoms in total. The van der Waals surface area contributed by atoms with Crippen LogP contribution in [0.5, 0.6) is 0 Å². The smallest absolute Gasteiger partial charge is 0.00202 e. The summed E-state index contributed by atoms with van der Waals surface area (Å²) in [5, 5.41) is 3.47. The summed E-state index contributed by atoms with van der Waals surface area (Å²) in [7, 11) is 0. The second-order valence-electron chi connectivity index (χ2n) is 4.28. The van der Waals surface area contributed by atoms with Crippen LogP contribution in [0, 0.1) is 0 Å². The molecule has 2 rings (SSSR count). The highest BCUT2D eigenvalue weighted by atomic mass is 14.9. The molecule has 0 aliphatic carbocycles. The van der Waals surface area contributed by atoms with Crippen molar-refractivity contribution >= 4 is 0 Å².